The van der Waals surface area contributed by atoms with Crippen LogP contribution in [-0.2, 0) is 6.54 Å². The lowest BCUT2D eigenvalue weighted by Gasteiger charge is -2.14. The third-order valence-electron chi connectivity index (χ3n) is 2.90. The molecule has 1 unspecified atom stereocenters. The van der Waals surface area contributed by atoms with Gasteiger partial charge in [0.15, 0.2) is 0 Å². The molecule has 0 amide bonds. The lowest BCUT2D eigenvalue weighted by atomic mass is 10.1. The molecule has 2 aromatic carbocycles. The maximum absolute atomic E-state index is 10.1. The van der Waals surface area contributed by atoms with Crippen LogP contribution in [0.15, 0.2) is 46.9 Å². The molecule has 2 rings (SSSR count). The Bertz CT molecular complexity index is 592. The van der Waals surface area contributed by atoms with Gasteiger partial charge < -0.3 is 15.5 Å². The van der Waals surface area contributed by atoms with Gasteiger partial charge in [0.1, 0.15) is 5.75 Å². The van der Waals surface area contributed by atoms with Gasteiger partial charge in [-0.05, 0) is 35.4 Å². The fraction of sp³-hybridized carbons (Fsp3) is 0.200. The highest BCUT2D eigenvalue weighted by molar-refractivity contribution is 9.10. The average molecular weight is 357 g/mol. The molecule has 0 saturated carbocycles. The Hall–Kier alpha value is -1.07. The second-order valence-electron chi connectivity index (χ2n) is 4.48. The summed E-state index contributed by atoms with van der Waals surface area (Å²) in [5.41, 5.74) is 1.80. The summed E-state index contributed by atoms with van der Waals surface area (Å²) in [4.78, 5) is 0. The summed E-state index contributed by atoms with van der Waals surface area (Å²) in [6.45, 7) is 1.04. The van der Waals surface area contributed by atoms with Crippen molar-refractivity contribution < 1.29 is 10.2 Å². The molecule has 0 aliphatic carbocycles. The van der Waals surface area contributed by atoms with Gasteiger partial charge in [-0.2, -0.15) is 0 Å². The van der Waals surface area contributed by atoms with E-state index >= 15 is 0 Å². The zero-order valence-corrected chi connectivity index (χ0v) is 13.0. The fourth-order valence-corrected chi connectivity index (χ4v) is 2.74. The van der Waals surface area contributed by atoms with Gasteiger partial charge in [-0.15, -0.1) is 0 Å². The van der Waals surface area contributed by atoms with Gasteiger partial charge in [0, 0.05) is 22.6 Å². The van der Waals surface area contributed by atoms with Crippen LogP contribution < -0.4 is 5.32 Å². The first-order valence-corrected chi connectivity index (χ1v) is 7.35. The Morgan fingerprint density at radius 2 is 2.00 bits per heavy atom. The summed E-state index contributed by atoms with van der Waals surface area (Å²) in [5.74, 6) is 0.166. The largest absolute Gasteiger partial charge is 0.508 e. The highest BCUT2D eigenvalue weighted by Crippen LogP contribution is 2.26. The van der Waals surface area contributed by atoms with Crippen molar-refractivity contribution in [3.05, 3.63) is 63.1 Å². The number of aromatic hydroxyl groups is 1. The Balaban J connectivity index is 1.90. The van der Waals surface area contributed by atoms with E-state index in [0.717, 1.165) is 11.1 Å². The number of hydrogen-bond donors (Lipinski definition) is 3. The van der Waals surface area contributed by atoms with Crippen molar-refractivity contribution in [3.63, 3.8) is 0 Å². The molecular formula is C15H15BrClNO2. The fourth-order valence-electron chi connectivity index (χ4n) is 1.90. The minimum absolute atomic E-state index is 0.166. The number of phenolic OH excluding ortho intramolecular Hbond substituents is 1. The van der Waals surface area contributed by atoms with E-state index in [1.54, 1.807) is 18.2 Å². The van der Waals surface area contributed by atoms with Crippen LogP contribution in [0.2, 0.25) is 5.02 Å². The van der Waals surface area contributed by atoms with E-state index in [-0.39, 0.29) is 5.75 Å². The number of aliphatic hydroxyl groups excluding tert-OH is 1. The Kier molecular flexibility index (Phi) is 5.43. The molecule has 0 bridgehead atoms. The minimum Gasteiger partial charge on any atom is -0.508 e. The van der Waals surface area contributed by atoms with E-state index in [4.69, 9.17) is 11.6 Å². The number of aliphatic hydroxyl groups is 1. The summed E-state index contributed by atoms with van der Waals surface area (Å²) in [6, 6.07) is 12.4. The molecule has 0 aliphatic heterocycles. The number of benzene rings is 2. The second-order valence-corrected chi connectivity index (χ2v) is 5.77. The normalized spacial score (nSPS) is 12.3. The molecule has 0 saturated heterocycles. The monoisotopic (exact) mass is 355 g/mol. The molecule has 106 valence electrons. The van der Waals surface area contributed by atoms with Crippen LogP contribution in [0.5, 0.6) is 5.75 Å². The van der Waals surface area contributed by atoms with Gasteiger partial charge in [-0.3, -0.25) is 0 Å². The first-order valence-electron chi connectivity index (χ1n) is 6.18. The first-order chi connectivity index (χ1) is 9.56. The second kappa shape index (κ2) is 7.09. The van der Waals surface area contributed by atoms with Crippen molar-refractivity contribution in [2.75, 3.05) is 6.54 Å². The van der Waals surface area contributed by atoms with Gasteiger partial charge in [0.25, 0.3) is 0 Å². The predicted molar refractivity (Wildman–Crippen MR) is 83.9 cm³/mol. The number of hydrogen-bond acceptors (Lipinski definition) is 3. The van der Waals surface area contributed by atoms with E-state index in [0.29, 0.717) is 22.6 Å². The lowest BCUT2D eigenvalue weighted by molar-refractivity contribution is 0.173. The summed E-state index contributed by atoms with van der Waals surface area (Å²) < 4.78 is 0.689. The zero-order valence-electron chi connectivity index (χ0n) is 10.7. The maximum Gasteiger partial charge on any atom is 0.116 e. The van der Waals surface area contributed by atoms with Gasteiger partial charge in [-0.25, -0.2) is 0 Å². The molecule has 0 heterocycles. The van der Waals surface area contributed by atoms with Crippen LogP contribution in [-0.4, -0.2) is 16.8 Å². The van der Waals surface area contributed by atoms with Crippen molar-refractivity contribution in [1.29, 1.82) is 0 Å². The van der Waals surface area contributed by atoms with Crippen LogP contribution in [0.25, 0.3) is 0 Å². The molecule has 0 aliphatic rings. The topological polar surface area (TPSA) is 52.5 Å². The van der Waals surface area contributed by atoms with E-state index in [2.05, 4.69) is 21.2 Å². The zero-order chi connectivity index (χ0) is 14.5. The summed E-state index contributed by atoms with van der Waals surface area (Å²) >= 11 is 9.24. The smallest absolute Gasteiger partial charge is 0.116 e. The molecule has 1 atom stereocenters. The summed E-state index contributed by atoms with van der Waals surface area (Å²) in [5, 5.41) is 23.3. The minimum atomic E-state index is -0.649. The van der Waals surface area contributed by atoms with Crippen molar-refractivity contribution >= 4 is 27.5 Å². The van der Waals surface area contributed by atoms with Gasteiger partial charge in [0.05, 0.1) is 6.10 Å². The third-order valence-corrected chi connectivity index (χ3v) is 3.82. The number of halogens is 2. The highest BCUT2D eigenvalue weighted by atomic mass is 79.9. The first kappa shape index (κ1) is 15.3. The molecule has 0 aromatic heterocycles. The number of nitrogens with one attached hydrogen (secondary N) is 1. The molecule has 0 radical (unpaired) electrons. The Morgan fingerprint density at radius 3 is 2.70 bits per heavy atom. The molecule has 3 nitrogen and oxygen atoms in total. The molecule has 3 N–H and O–H groups in total. The highest BCUT2D eigenvalue weighted by Gasteiger charge is 2.11. The van der Waals surface area contributed by atoms with Crippen molar-refractivity contribution in [1.82, 2.24) is 5.32 Å². The van der Waals surface area contributed by atoms with Crippen LogP contribution in [0.3, 0.4) is 0 Å². The standard InChI is InChI=1S/C15H15BrClNO2/c16-14-7-12(19)4-5-13(14)15(20)9-18-8-10-2-1-3-11(17)6-10/h1-7,15,18-20H,8-9H2. The van der Waals surface area contributed by atoms with Crippen molar-refractivity contribution in [3.8, 4) is 5.75 Å². The van der Waals surface area contributed by atoms with E-state index in [9.17, 15) is 10.2 Å². The molecule has 2 aromatic rings. The SMILES string of the molecule is Oc1ccc(C(O)CNCc2cccc(Cl)c2)c(Br)c1. The molecular weight excluding hydrogens is 342 g/mol. The van der Waals surface area contributed by atoms with Crippen LogP contribution in [0.4, 0.5) is 0 Å². The van der Waals surface area contributed by atoms with E-state index in [1.165, 1.54) is 0 Å². The summed E-state index contributed by atoms with van der Waals surface area (Å²) in [6.07, 6.45) is -0.649. The quantitative estimate of drug-likeness (QED) is 0.767. The van der Waals surface area contributed by atoms with Crippen LogP contribution in [0.1, 0.15) is 17.2 Å². The van der Waals surface area contributed by atoms with Crippen LogP contribution >= 0.6 is 27.5 Å². The van der Waals surface area contributed by atoms with E-state index < -0.39 is 6.10 Å². The molecule has 20 heavy (non-hydrogen) atoms. The molecule has 0 fully saturated rings. The Labute approximate surface area is 131 Å². The van der Waals surface area contributed by atoms with E-state index in [1.807, 2.05) is 24.3 Å². The van der Waals surface area contributed by atoms with Gasteiger partial charge >= 0.3 is 0 Å². The predicted octanol–water partition coefficient (Wildman–Crippen LogP) is 3.63. The van der Waals surface area contributed by atoms with Crippen LogP contribution in [0, 0.1) is 0 Å². The average Bonchev–Trinajstić information content (AvgIpc) is 2.38. The van der Waals surface area contributed by atoms with Crippen molar-refractivity contribution in [2.24, 2.45) is 0 Å². The number of phenols is 1. The maximum atomic E-state index is 10.1. The lowest BCUT2D eigenvalue weighted by Crippen LogP contribution is -2.21. The number of rotatable bonds is 5. The van der Waals surface area contributed by atoms with Crippen molar-refractivity contribution in [2.45, 2.75) is 12.6 Å². The Morgan fingerprint density at radius 1 is 1.20 bits per heavy atom. The van der Waals surface area contributed by atoms with Gasteiger partial charge in [-0.1, -0.05) is 45.7 Å². The van der Waals surface area contributed by atoms with Gasteiger partial charge in [0.2, 0.25) is 0 Å². The third kappa shape index (κ3) is 4.21. The molecule has 0 spiro atoms. The molecule has 5 heteroatoms. The summed E-state index contributed by atoms with van der Waals surface area (Å²) in [7, 11) is 0.